The minimum atomic E-state index is -5.05. The molecule has 16 heteroatoms. The molecule has 0 radical (unpaired) electrons. The van der Waals surface area contributed by atoms with Crippen LogP contribution in [-0.4, -0.2) is 68.5 Å². The Bertz CT molecular complexity index is 1910. The van der Waals surface area contributed by atoms with E-state index in [0.717, 1.165) is 19.5 Å². The van der Waals surface area contributed by atoms with Gasteiger partial charge in [-0.1, -0.05) is 0 Å². The van der Waals surface area contributed by atoms with Crippen LogP contribution in [-0.2, 0) is 30.7 Å². The molecule has 50 heavy (non-hydrogen) atoms. The first-order valence-corrected chi connectivity index (χ1v) is 15.6. The first-order valence-electron chi connectivity index (χ1n) is 15.6. The molecule has 2 aliphatic rings. The monoisotopic (exact) mass is 705 g/mol. The van der Waals surface area contributed by atoms with Crippen LogP contribution in [0.2, 0.25) is 0 Å². The van der Waals surface area contributed by atoms with Crippen LogP contribution >= 0.6 is 0 Å². The molecule has 2 aromatic heterocycles. The lowest BCUT2D eigenvalue weighted by molar-refractivity contribution is -0.154. The Morgan fingerprint density at radius 1 is 1.00 bits per heavy atom. The maximum Gasteiger partial charge on any atom is 0.416 e. The summed E-state index contributed by atoms with van der Waals surface area (Å²) in [5.41, 5.74) is -0.338. The third-order valence-corrected chi connectivity index (χ3v) is 9.17. The Kier molecular flexibility index (Phi) is 9.07. The van der Waals surface area contributed by atoms with Crippen LogP contribution in [0.15, 0.2) is 48.5 Å². The zero-order valence-electron chi connectivity index (χ0n) is 27.3. The highest BCUT2D eigenvalue weighted by Gasteiger charge is 2.43. The number of aromatic carboxylic acids is 1. The lowest BCUT2D eigenvalue weighted by Crippen LogP contribution is -2.38. The van der Waals surface area contributed by atoms with Crippen molar-refractivity contribution in [2.75, 3.05) is 25.1 Å². The van der Waals surface area contributed by atoms with Gasteiger partial charge in [-0.05, 0) is 74.4 Å². The van der Waals surface area contributed by atoms with E-state index in [-0.39, 0.29) is 23.9 Å². The zero-order chi connectivity index (χ0) is 36.3. The van der Waals surface area contributed by atoms with E-state index < -0.39 is 48.0 Å². The molecule has 0 spiro atoms. The number of anilines is 1. The van der Waals surface area contributed by atoms with Crippen LogP contribution in [0.3, 0.4) is 0 Å². The quantitative estimate of drug-likeness (QED) is 0.195. The predicted octanol–water partition coefficient (Wildman–Crippen LogP) is 6.65. The van der Waals surface area contributed by atoms with Gasteiger partial charge in [0.05, 0.1) is 29.6 Å². The van der Waals surface area contributed by atoms with Crippen molar-refractivity contribution in [1.29, 1.82) is 0 Å². The molecule has 0 amide bonds. The van der Waals surface area contributed by atoms with Crippen LogP contribution in [0.5, 0.6) is 5.75 Å². The molecule has 4 aromatic rings. The summed E-state index contributed by atoms with van der Waals surface area (Å²) >= 11 is 0. The van der Waals surface area contributed by atoms with Crippen molar-refractivity contribution in [3.8, 4) is 28.1 Å². The fourth-order valence-corrected chi connectivity index (χ4v) is 6.44. The molecule has 2 aliphatic heterocycles. The number of aliphatic hydroxyl groups is 1. The molecular formula is C34H33F6N5O5. The maximum absolute atomic E-state index is 13.7. The van der Waals surface area contributed by atoms with Gasteiger partial charge in [-0.15, -0.1) is 0 Å². The lowest BCUT2D eigenvalue weighted by Gasteiger charge is -2.33. The summed E-state index contributed by atoms with van der Waals surface area (Å²) < 4.78 is 94.5. The molecule has 1 unspecified atom stereocenters. The zero-order valence-corrected chi connectivity index (χ0v) is 27.3. The Morgan fingerprint density at radius 3 is 2.20 bits per heavy atom. The van der Waals surface area contributed by atoms with Crippen LogP contribution < -0.4 is 9.64 Å². The predicted molar refractivity (Wildman–Crippen MR) is 168 cm³/mol. The second kappa shape index (κ2) is 12.9. The van der Waals surface area contributed by atoms with Gasteiger partial charge in [-0.25, -0.2) is 14.7 Å². The number of aliphatic hydroxyl groups excluding tert-OH is 1. The summed E-state index contributed by atoms with van der Waals surface area (Å²) in [5, 5.41) is 25.2. The SMILES string of the molecule is COc1ccc(-c2nn(C)c(C(=O)O)c2C)cc1-c1ccc(N2CCC2)nc1CN1C(O)O[C@H](c2cc(C(F)(F)F)cc(C(F)(F)F)c2)[C@@H]1C. The van der Waals surface area contributed by atoms with Gasteiger partial charge < -0.3 is 24.6 Å². The van der Waals surface area contributed by atoms with Crippen molar-refractivity contribution in [2.24, 2.45) is 7.05 Å². The number of pyridine rings is 1. The van der Waals surface area contributed by atoms with Crippen molar-refractivity contribution >= 4 is 11.8 Å². The molecular weight excluding hydrogens is 672 g/mol. The average molecular weight is 706 g/mol. The molecule has 2 saturated heterocycles. The molecule has 0 aliphatic carbocycles. The van der Waals surface area contributed by atoms with Crippen LogP contribution in [0, 0.1) is 6.92 Å². The summed E-state index contributed by atoms with van der Waals surface area (Å²) in [6, 6.07) is 9.21. The number of aromatic nitrogens is 3. The van der Waals surface area contributed by atoms with Crippen molar-refractivity contribution in [2.45, 2.75) is 57.7 Å². The number of hydrogen-bond donors (Lipinski definition) is 2. The van der Waals surface area contributed by atoms with E-state index in [2.05, 4.69) is 5.10 Å². The molecule has 2 fully saturated rings. The molecule has 2 N–H and O–H groups in total. The molecule has 2 aromatic carbocycles. The Labute approximate surface area is 282 Å². The number of alkyl halides is 6. The van der Waals surface area contributed by atoms with Gasteiger partial charge in [-0.2, -0.15) is 31.4 Å². The fourth-order valence-electron chi connectivity index (χ4n) is 6.44. The fraction of sp³-hybridized carbons (Fsp3) is 0.382. The Hall–Kier alpha value is -4.67. The molecule has 3 atom stereocenters. The molecule has 6 rings (SSSR count). The summed E-state index contributed by atoms with van der Waals surface area (Å²) in [5.74, 6) is -0.0548. The van der Waals surface area contributed by atoms with Gasteiger partial charge in [0.25, 0.3) is 0 Å². The van der Waals surface area contributed by atoms with Gasteiger partial charge >= 0.3 is 18.3 Å². The van der Waals surface area contributed by atoms with Gasteiger partial charge in [0.1, 0.15) is 23.4 Å². The number of carbonyl (C=O) groups is 1. The van der Waals surface area contributed by atoms with Gasteiger partial charge in [0, 0.05) is 55.0 Å². The number of carboxylic acids is 1. The number of hydrogen-bond acceptors (Lipinski definition) is 8. The number of nitrogens with zero attached hydrogens (tertiary/aromatic N) is 5. The standard InChI is InChI=1S/C34H33F6N5O5/c1-17-28(42-43(3)29(17)31(46)47)19-6-8-26(49-4)24(14-19)23-7-9-27(44-10-5-11-44)41-25(23)16-45-18(2)30(50-32(45)48)20-12-21(33(35,36)37)15-22(13-20)34(38,39)40/h6-9,12-15,18,30,32,48H,5,10-11,16H2,1-4H3,(H,46,47)/t18-,30-,32?/m0/s1. The Morgan fingerprint density at radius 2 is 1.66 bits per heavy atom. The van der Waals surface area contributed by atoms with E-state index >= 15 is 0 Å². The molecule has 0 bridgehead atoms. The lowest BCUT2D eigenvalue weighted by atomic mass is 9.96. The molecule has 4 heterocycles. The number of rotatable bonds is 8. The number of benzene rings is 2. The summed E-state index contributed by atoms with van der Waals surface area (Å²) in [6.45, 7) is 4.61. The minimum Gasteiger partial charge on any atom is -0.496 e. The van der Waals surface area contributed by atoms with Crippen molar-refractivity contribution in [3.05, 3.63) is 82.2 Å². The third-order valence-electron chi connectivity index (χ3n) is 9.17. The number of ether oxygens (including phenoxy) is 2. The highest BCUT2D eigenvalue weighted by molar-refractivity contribution is 5.90. The van der Waals surface area contributed by atoms with E-state index in [1.807, 2.05) is 17.0 Å². The summed E-state index contributed by atoms with van der Waals surface area (Å²) in [4.78, 5) is 20.2. The largest absolute Gasteiger partial charge is 0.496 e. The molecule has 0 saturated carbocycles. The first-order chi connectivity index (χ1) is 23.5. The number of carboxylic acid groups (broad SMARTS) is 1. The van der Waals surface area contributed by atoms with E-state index in [1.54, 1.807) is 32.0 Å². The average Bonchev–Trinajstić information content (AvgIpc) is 3.48. The van der Waals surface area contributed by atoms with E-state index in [1.165, 1.54) is 23.7 Å². The normalized spacial score (nSPS) is 19.9. The van der Waals surface area contributed by atoms with Crippen molar-refractivity contribution in [3.63, 3.8) is 0 Å². The second-order valence-electron chi connectivity index (χ2n) is 12.3. The maximum atomic E-state index is 13.7. The first kappa shape index (κ1) is 35.2. The molecule has 10 nitrogen and oxygen atoms in total. The van der Waals surface area contributed by atoms with Crippen molar-refractivity contribution < 1.29 is 50.8 Å². The van der Waals surface area contributed by atoms with Crippen LogP contribution in [0.1, 0.15) is 57.9 Å². The van der Waals surface area contributed by atoms with Crippen LogP contribution in [0.4, 0.5) is 32.2 Å². The van der Waals surface area contributed by atoms with E-state index in [4.69, 9.17) is 14.5 Å². The van der Waals surface area contributed by atoms with E-state index in [9.17, 15) is 41.4 Å². The summed E-state index contributed by atoms with van der Waals surface area (Å²) in [6.07, 6.45) is -12.2. The Balaban J connectivity index is 1.41. The molecule has 266 valence electrons. The summed E-state index contributed by atoms with van der Waals surface area (Å²) in [7, 11) is 3.01. The number of halogens is 6. The van der Waals surface area contributed by atoms with Gasteiger partial charge in [-0.3, -0.25) is 4.68 Å². The van der Waals surface area contributed by atoms with Gasteiger partial charge in [0.2, 0.25) is 6.41 Å². The smallest absolute Gasteiger partial charge is 0.416 e. The minimum absolute atomic E-state index is 0.0216. The highest BCUT2D eigenvalue weighted by atomic mass is 19.4. The van der Waals surface area contributed by atoms with Gasteiger partial charge in [0.15, 0.2) is 0 Å². The van der Waals surface area contributed by atoms with Crippen LogP contribution in [0.25, 0.3) is 22.4 Å². The highest BCUT2D eigenvalue weighted by Crippen LogP contribution is 2.43. The van der Waals surface area contributed by atoms with E-state index in [0.29, 0.717) is 57.3 Å². The third kappa shape index (κ3) is 6.50. The second-order valence-corrected chi connectivity index (χ2v) is 12.3. The number of methoxy groups -OCH3 is 1. The number of aryl methyl sites for hydroxylation is 1. The topological polar surface area (TPSA) is 113 Å². The van der Waals surface area contributed by atoms with Crippen molar-refractivity contribution in [1.82, 2.24) is 19.7 Å².